The molecule has 0 spiro atoms. The summed E-state index contributed by atoms with van der Waals surface area (Å²) in [5.74, 6) is 0. The lowest BCUT2D eigenvalue weighted by molar-refractivity contribution is 0.132. The van der Waals surface area contributed by atoms with Crippen molar-refractivity contribution in [1.29, 1.82) is 5.26 Å². The number of hydrogen-bond acceptors (Lipinski definition) is 3. The first-order valence-corrected chi connectivity index (χ1v) is 6.55. The highest BCUT2D eigenvalue weighted by Crippen LogP contribution is 2.08. The molecule has 0 saturated carbocycles. The standard InChI is InChI=1S/C17H16N2O/c1-2-14-6-5-7-15(10-14)13-20-19-12-17-9-4-3-8-16(17)11-18/h3-10,12H,2,13H2,1H3. The van der Waals surface area contributed by atoms with Crippen molar-refractivity contribution in [3.63, 3.8) is 0 Å². The lowest BCUT2D eigenvalue weighted by Crippen LogP contribution is -1.91. The number of aryl methyl sites for hydroxylation is 1. The third-order valence-electron chi connectivity index (χ3n) is 2.98. The summed E-state index contributed by atoms with van der Waals surface area (Å²) in [7, 11) is 0. The molecule has 3 nitrogen and oxygen atoms in total. The van der Waals surface area contributed by atoms with Crippen molar-refractivity contribution in [1.82, 2.24) is 0 Å². The van der Waals surface area contributed by atoms with Crippen LogP contribution in [0.4, 0.5) is 0 Å². The van der Waals surface area contributed by atoms with Gasteiger partial charge in [0.05, 0.1) is 17.8 Å². The Labute approximate surface area is 119 Å². The fourth-order valence-electron chi connectivity index (χ4n) is 1.86. The first-order valence-electron chi connectivity index (χ1n) is 6.55. The van der Waals surface area contributed by atoms with E-state index in [1.807, 2.05) is 30.3 Å². The Balaban J connectivity index is 1.95. The third kappa shape index (κ3) is 3.69. The second-order valence-electron chi connectivity index (χ2n) is 4.38. The zero-order valence-electron chi connectivity index (χ0n) is 11.4. The fourth-order valence-corrected chi connectivity index (χ4v) is 1.86. The summed E-state index contributed by atoms with van der Waals surface area (Å²) in [5, 5.41) is 12.9. The molecule has 0 N–H and O–H groups in total. The van der Waals surface area contributed by atoms with Crippen molar-refractivity contribution in [3.05, 3.63) is 70.8 Å². The van der Waals surface area contributed by atoms with Crippen molar-refractivity contribution >= 4 is 6.21 Å². The molecule has 3 heteroatoms. The average molecular weight is 264 g/mol. The molecular formula is C17H16N2O. The minimum Gasteiger partial charge on any atom is -0.391 e. The monoisotopic (exact) mass is 264 g/mol. The molecule has 2 aromatic rings. The van der Waals surface area contributed by atoms with Crippen LogP contribution in [0, 0.1) is 11.3 Å². The zero-order chi connectivity index (χ0) is 14.2. The van der Waals surface area contributed by atoms with Crippen molar-refractivity contribution in [3.8, 4) is 6.07 Å². The molecule has 0 aliphatic heterocycles. The Morgan fingerprint density at radius 3 is 2.75 bits per heavy atom. The zero-order valence-corrected chi connectivity index (χ0v) is 11.4. The van der Waals surface area contributed by atoms with Crippen molar-refractivity contribution < 1.29 is 4.84 Å². The molecule has 0 amide bonds. The summed E-state index contributed by atoms with van der Waals surface area (Å²) in [6, 6.07) is 17.6. The van der Waals surface area contributed by atoms with E-state index < -0.39 is 0 Å². The molecule has 0 aliphatic carbocycles. The van der Waals surface area contributed by atoms with Gasteiger partial charge in [0.1, 0.15) is 6.61 Å². The molecule has 0 atom stereocenters. The molecular weight excluding hydrogens is 248 g/mol. The first kappa shape index (κ1) is 13.8. The Hall–Kier alpha value is -2.60. The topological polar surface area (TPSA) is 45.4 Å². The Kier molecular flexibility index (Phi) is 4.91. The summed E-state index contributed by atoms with van der Waals surface area (Å²) in [6.45, 7) is 2.55. The number of rotatable bonds is 5. The number of nitriles is 1. The first-order chi connectivity index (χ1) is 9.83. The largest absolute Gasteiger partial charge is 0.391 e. The second kappa shape index (κ2) is 7.10. The van der Waals surface area contributed by atoms with Gasteiger partial charge in [0, 0.05) is 5.56 Å². The summed E-state index contributed by atoms with van der Waals surface area (Å²) in [5.41, 5.74) is 3.73. The average Bonchev–Trinajstić information content (AvgIpc) is 2.52. The molecule has 2 rings (SSSR count). The van der Waals surface area contributed by atoms with Gasteiger partial charge in [0.25, 0.3) is 0 Å². The molecule has 0 bridgehead atoms. The molecule has 0 aromatic heterocycles. The highest BCUT2D eigenvalue weighted by molar-refractivity contribution is 5.82. The van der Waals surface area contributed by atoms with Crippen LogP contribution in [0.25, 0.3) is 0 Å². The normalized spacial score (nSPS) is 10.4. The lowest BCUT2D eigenvalue weighted by Gasteiger charge is -2.02. The minimum absolute atomic E-state index is 0.430. The van der Waals surface area contributed by atoms with Crippen LogP contribution in [0.15, 0.2) is 53.7 Å². The van der Waals surface area contributed by atoms with Gasteiger partial charge in [-0.1, -0.05) is 54.5 Å². The second-order valence-corrected chi connectivity index (χ2v) is 4.38. The Morgan fingerprint density at radius 1 is 1.15 bits per heavy atom. The number of nitrogens with zero attached hydrogens (tertiary/aromatic N) is 2. The lowest BCUT2D eigenvalue weighted by atomic mass is 10.1. The summed E-state index contributed by atoms with van der Waals surface area (Å²) >= 11 is 0. The molecule has 0 radical (unpaired) electrons. The maximum atomic E-state index is 8.96. The van der Waals surface area contributed by atoms with Gasteiger partial charge in [-0.3, -0.25) is 0 Å². The van der Waals surface area contributed by atoms with Crippen molar-refractivity contribution in [2.24, 2.45) is 5.16 Å². The maximum Gasteiger partial charge on any atom is 0.142 e. The number of oxime groups is 1. The van der Waals surface area contributed by atoms with Crippen LogP contribution in [0.3, 0.4) is 0 Å². The number of benzene rings is 2. The van der Waals surface area contributed by atoms with Crippen molar-refractivity contribution in [2.75, 3.05) is 0 Å². The van der Waals surface area contributed by atoms with E-state index in [0.717, 1.165) is 17.5 Å². The van der Waals surface area contributed by atoms with Gasteiger partial charge in [0.15, 0.2) is 0 Å². The van der Waals surface area contributed by atoms with E-state index in [1.165, 1.54) is 5.56 Å². The SMILES string of the molecule is CCc1cccc(CON=Cc2ccccc2C#N)c1. The van der Waals surface area contributed by atoms with Crippen molar-refractivity contribution in [2.45, 2.75) is 20.0 Å². The van der Waals surface area contributed by atoms with Crippen LogP contribution in [-0.2, 0) is 17.9 Å². The molecule has 0 unspecified atom stereocenters. The Bertz CT molecular complexity index is 641. The van der Waals surface area contributed by atoms with Gasteiger partial charge in [-0.05, 0) is 23.6 Å². The van der Waals surface area contributed by atoms with E-state index in [-0.39, 0.29) is 0 Å². The maximum absolute atomic E-state index is 8.96. The smallest absolute Gasteiger partial charge is 0.142 e. The Morgan fingerprint density at radius 2 is 1.95 bits per heavy atom. The molecule has 0 fully saturated rings. The molecule has 100 valence electrons. The summed E-state index contributed by atoms with van der Waals surface area (Å²) < 4.78 is 0. The minimum atomic E-state index is 0.430. The van der Waals surface area contributed by atoms with E-state index in [4.69, 9.17) is 10.1 Å². The van der Waals surface area contributed by atoms with Crippen LogP contribution in [0.5, 0.6) is 0 Å². The van der Waals surface area contributed by atoms with E-state index >= 15 is 0 Å². The highest BCUT2D eigenvalue weighted by Gasteiger charge is 1.97. The van der Waals surface area contributed by atoms with E-state index in [1.54, 1.807) is 12.3 Å². The molecule has 0 heterocycles. The van der Waals surface area contributed by atoms with E-state index in [2.05, 4.69) is 30.3 Å². The van der Waals surface area contributed by atoms with Gasteiger partial charge in [-0.2, -0.15) is 5.26 Å². The predicted molar refractivity (Wildman–Crippen MR) is 79.4 cm³/mol. The number of hydrogen-bond donors (Lipinski definition) is 0. The third-order valence-corrected chi connectivity index (χ3v) is 2.98. The summed E-state index contributed by atoms with van der Waals surface area (Å²) in [6.07, 6.45) is 2.58. The molecule has 20 heavy (non-hydrogen) atoms. The molecule has 0 saturated heterocycles. The van der Waals surface area contributed by atoms with E-state index in [0.29, 0.717) is 12.2 Å². The van der Waals surface area contributed by atoms with Crippen LogP contribution in [0.1, 0.15) is 29.2 Å². The van der Waals surface area contributed by atoms with Crippen LogP contribution < -0.4 is 0 Å². The van der Waals surface area contributed by atoms with Gasteiger partial charge >= 0.3 is 0 Å². The van der Waals surface area contributed by atoms with Crippen LogP contribution in [-0.4, -0.2) is 6.21 Å². The van der Waals surface area contributed by atoms with Crippen LogP contribution in [0.2, 0.25) is 0 Å². The van der Waals surface area contributed by atoms with Gasteiger partial charge in [0.2, 0.25) is 0 Å². The highest BCUT2D eigenvalue weighted by atomic mass is 16.6. The van der Waals surface area contributed by atoms with Crippen LogP contribution >= 0.6 is 0 Å². The molecule has 2 aromatic carbocycles. The van der Waals surface area contributed by atoms with E-state index in [9.17, 15) is 0 Å². The fraction of sp³-hybridized carbons (Fsp3) is 0.176. The molecule has 0 aliphatic rings. The summed E-state index contributed by atoms with van der Waals surface area (Å²) in [4.78, 5) is 5.28. The quantitative estimate of drug-likeness (QED) is 0.611. The van der Waals surface area contributed by atoms with Gasteiger partial charge in [-0.15, -0.1) is 0 Å². The van der Waals surface area contributed by atoms with Gasteiger partial charge < -0.3 is 4.84 Å². The predicted octanol–water partition coefficient (Wildman–Crippen LogP) is 3.67. The van der Waals surface area contributed by atoms with Gasteiger partial charge in [-0.25, -0.2) is 0 Å².